The molecule has 0 aromatic carbocycles. The van der Waals surface area contributed by atoms with Gasteiger partial charge >= 0.3 is 0 Å². The third-order valence-electron chi connectivity index (χ3n) is 1.10. The van der Waals surface area contributed by atoms with Crippen molar-refractivity contribution in [1.29, 1.82) is 0 Å². The number of nitrogen functional groups attached to an aromatic ring is 1. The van der Waals surface area contributed by atoms with Crippen LogP contribution in [0.15, 0.2) is 12.3 Å². The number of hydrogen-bond donors (Lipinski definition) is 1. The van der Waals surface area contributed by atoms with Gasteiger partial charge in [-0.1, -0.05) is 17.4 Å². The highest BCUT2D eigenvalue weighted by atomic mass is 35.5. The van der Waals surface area contributed by atoms with Crippen LogP contribution in [-0.4, -0.2) is 10.9 Å². The zero-order valence-corrected chi connectivity index (χ0v) is 7.53. The minimum atomic E-state index is 0.607. The van der Waals surface area contributed by atoms with Gasteiger partial charge in [-0.3, -0.25) is 0 Å². The predicted octanol–water partition coefficient (Wildman–Crippen LogP) is 2.37. The van der Waals surface area contributed by atoms with Crippen LogP contribution in [0.25, 0.3) is 6.08 Å². The molecule has 60 valence electrons. The topological polar surface area (TPSA) is 38.9 Å². The summed E-state index contributed by atoms with van der Waals surface area (Å²) >= 11 is 6.96. The predicted molar refractivity (Wildman–Crippen MR) is 50.9 cm³/mol. The summed E-state index contributed by atoms with van der Waals surface area (Å²) in [7, 11) is 0. The Morgan fingerprint density at radius 1 is 1.73 bits per heavy atom. The van der Waals surface area contributed by atoms with E-state index in [4.69, 9.17) is 17.3 Å². The maximum atomic E-state index is 5.48. The van der Waals surface area contributed by atoms with E-state index >= 15 is 0 Å². The summed E-state index contributed by atoms with van der Waals surface area (Å²) < 4.78 is 0. The Morgan fingerprint density at radius 3 is 3.09 bits per heavy atom. The van der Waals surface area contributed by atoms with Crippen molar-refractivity contribution in [1.82, 2.24) is 4.98 Å². The molecular weight excluding hydrogens is 180 g/mol. The molecule has 0 amide bonds. The van der Waals surface area contributed by atoms with E-state index in [0.717, 1.165) is 11.3 Å². The average molecular weight is 189 g/mol. The van der Waals surface area contributed by atoms with Gasteiger partial charge in [0.1, 0.15) is 0 Å². The zero-order valence-electron chi connectivity index (χ0n) is 5.96. The lowest BCUT2D eigenvalue weighted by molar-refractivity contribution is 1.24. The standard InChI is InChI=1S/C7H9ClN2S/c8-4-2-1-3-6-5-10-7(9)11-6/h1,3,5H,2,4H2,(H2,9,10). The van der Waals surface area contributed by atoms with Gasteiger partial charge in [0.05, 0.1) is 0 Å². The third-order valence-corrected chi connectivity index (χ3v) is 2.11. The zero-order chi connectivity index (χ0) is 8.10. The third kappa shape index (κ3) is 2.91. The second-order valence-corrected chi connectivity index (χ2v) is 3.45. The van der Waals surface area contributed by atoms with Crippen molar-refractivity contribution in [2.45, 2.75) is 6.42 Å². The van der Waals surface area contributed by atoms with Crippen molar-refractivity contribution in [2.75, 3.05) is 11.6 Å². The molecule has 1 heterocycles. The first kappa shape index (κ1) is 8.56. The Hall–Kier alpha value is -0.540. The fourth-order valence-corrected chi connectivity index (χ4v) is 1.38. The van der Waals surface area contributed by atoms with Crippen LogP contribution in [0.4, 0.5) is 5.13 Å². The van der Waals surface area contributed by atoms with E-state index < -0.39 is 0 Å². The summed E-state index contributed by atoms with van der Waals surface area (Å²) in [6, 6.07) is 0. The molecule has 0 spiro atoms. The van der Waals surface area contributed by atoms with E-state index in [2.05, 4.69) is 4.98 Å². The van der Waals surface area contributed by atoms with Crippen LogP contribution in [0.5, 0.6) is 0 Å². The number of allylic oxidation sites excluding steroid dienone is 1. The molecule has 2 N–H and O–H groups in total. The van der Waals surface area contributed by atoms with Crippen LogP contribution in [0.2, 0.25) is 0 Å². The van der Waals surface area contributed by atoms with Gasteiger partial charge in [0.25, 0.3) is 0 Å². The number of hydrogen-bond acceptors (Lipinski definition) is 3. The molecule has 0 atom stereocenters. The van der Waals surface area contributed by atoms with Crippen LogP contribution < -0.4 is 5.73 Å². The number of nitrogens with two attached hydrogens (primary N) is 1. The van der Waals surface area contributed by atoms with Crippen molar-refractivity contribution < 1.29 is 0 Å². The molecule has 0 aliphatic carbocycles. The van der Waals surface area contributed by atoms with Crippen molar-refractivity contribution >= 4 is 34.1 Å². The van der Waals surface area contributed by atoms with E-state index in [1.165, 1.54) is 11.3 Å². The van der Waals surface area contributed by atoms with E-state index in [-0.39, 0.29) is 0 Å². The smallest absolute Gasteiger partial charge is 0.180 e. The highest BCUT2D eigenvalue weighted by molar-refractivity contribution is 7.16. The summed E-state index contributed by atoms with van der Waals surface area (Å²) in [6.07, 6.45) is 6.64. The molecule has 4 heteroatoms. The summed E-state index contributed by atoms with van der Waals surface area (Å²) in [5, 5.41) is 0.607. The van der Waals surface area contributed by atoms with Crippen molar-refractivity contribution in [2.24, 2.45) is 0 Å². The Balaban J connectivity index is 2.50. The molecule has 0 saturated carbocycles. The minimum Gasteiger partial charge on any atom is -0.375 e. The van der Waals surface area contributed by atoms with Gasteiger partial charge in [0, 0.05) is 17.0 Å². The molecule has 0 aliphatic heterocycles. The largest absolute Gasteiger partial charge is 0.375 e. The van der Waals surface area contributed by atoms with Crippen molar-refractivity contribution in [3.63, 3.8) is 0 Å². The molecule has 0 unspecified atom stereocenters. The lowest BCUT2D eigenvalue weighted by Gasteiger charge is -1.81. The summed E-state index contributed by atoms with van der Waals surface area (Å²) in [4.78, 5) is 4.98. The van der Waals surface area contributed by atoms with Gasteiger partial charge in [0.2, 0.25) is 0 Å². The van der Waals surface area contributed by atoms with Crippen molar-refractivity contribution in [3.8, 4) is 0 Å². The number of anilines is 1. The van der Waals surface area contributed by atoms with Gasteiger partial charge in [-0.2, -0.15) is 0 Å². The number of thiazole rings is 1. The molecule has 11 heavy (non-hydrogen) atoms. The molecule has 1 aromatic rings. The quantitative estimate of drug-likeness (QED) is 0.740. The molecule has 2 nitrogen and oxygen atoms in total. The molecule has 1 rings (SSSR count). The SMILES string of the molecule is Nc1ncc(C=CCCCl)s1. The Kier molecular flexibility index (Phi) is 3.39. The normalized spacial score (nSPS) is 11.0. The monoisotopic (exact) mass is 188 g/mol. The highest BCUT2D eigenvalue weighted by Crippen LogP contribution is 2.15. The lowest BCUT2D eigenvalue weighted by atomic mass is 10.4. The van der Waals surface area contributed by atoms with E-state index in [1.54, 1.807) is 6.20 Å². The van der Waals surface area contributed by atoms with Gasteiger partial charge in [-0.15, -0.1) is 11.6 Å². The minimum absolute atomic E-state index is 0.607. The first-order chi connectivity index (χ1) is 5.33. The van der Waals surface area contributed by atoms with Crippen LogP contribution in [-0.2, 0) is 0 Å². The van der Waals surface area contributed by atoms with E-state index in [1.807, 2.05) is 12.2 Å². The molecule has 0 aliphatic rings. The average Bonchev–Trinajstić information content (AvgIpc) is 2.37. The van der Waals surface area contributed by atoms with Gasteiger partial charge in [-0.25, -0.2) is 4.98 Å². The second-order valence-electron chi connectivity index (χ2n) is 1.98. The van der Waals surface area contributed by atoms with E-state index in [9.17, 15) is 0 Å². The first-order valence-corrected chi connectivity index (χ1v) is 4.62. The molecule has 0 radical (unpaired) electrons. The van der Waals surface area contributed by atoms with Crippen molar-refractivity contribution in [3.05, 3.63) is 17.2 Å². The van der Waals surface area contributed by atoms with Crippen LogP contribution in [0.1, 0.15) is 11.3 Å². The number of alkyl halides is 1. The number of aromatic nitrogens is 1. The van der Waals surface area contributed by atoms with Gasteiger partial charge in [-0.05, 0) is 12.5 Å². The molecule has 0 fully saturated rings. The molecule has 0 saturated heterocycles. The van der Waals surface area contributed by atoms with Gasteiger partial charge in [0.15, 0.2) is 5.13 Å². The number of nitrogens with zero attached hydrogens (tertiary/aromatic N) is 1. The maximum absolute atomic E-state index is 5.48. The fraction of sp³-hybridized carbons (Fsp3) is 0.286. The maximum Gasteiger partial charge on any atom is 0.180 e. The Bertz CT molecular complexity index is 244. The van der Waals surface area contributed by atoms with Crippen LogP contribution >= 0.6 is 22.9 Å². The highest BCUT2D eigenvalue weighted by Gasteiger charge is 1.91. The summed E-state index contributed by atoms with van der Waals surface area (Å²) in [5.74, 6) is 0.658. The summed E-state index contributed by atoms with van der Waals surface area (Å²) in [5.41, 5.74) is 5.43. The Labute approximate surface area is 74.7 Å². The molecular formula is C7H9ClN2S. The van der Waals surface area contributed by atoms with Gasteiger partial charge < -0.3 is 5.73 Å². The summed E-state index contributed by atoms with van der Waals surface area (Å²) in [6.45, 7) is 0. The van der Waals surface area contributed by atoms with Crippen LogP contribution in [0, 0.1) is 0 Å². The Morgan fingerprint density at radius 2 is 2.55 bits per heavy atom. The number of rotatable bonds is 3. The van der Waals surface area contributed by atoms with Crippen LogP contribution in [0.3, 0.4) is 0 Å². The number of halogens is 1. The molecule has 1 aromatic heterocycles. The fourth-order valence-electron chi connectivity index (χ4n) is 0.640. The lowest BCUT2D eigenvalue weighted by Crippen LogP contribution is -1.77. The van der Waals surface area contributed by atoms with E-state index in [0.29, 0.717) is 11.0 Å². The second kappa shape index (κ2) is 4.36. The first-order valence-electron chi connectivity index (χ1n) is 3.26. The molecule has 0 bridgehead atoms.